The molecule has 0 aliphatic heterocycles. The molecule has 5 nitrogen and oxygen atoms in total. The number of nitrogens with one attached hydrogen (secondary N) is 1. The molecule has 100 valence electrons. The first-order valence-electron chi connectivity index (χ1n) is 5.92. The van der Waals surface area contributed by atoms with Crippen LogP contribution in [0, 0.1) is 0 Å². The third-order valence-corrected chi connectivity index (χ3v) is 2.42. The maximum Gasteiger partial charge on any atom is 0.223 e. The average Bonchev–Trinajstić information content (AvgIpc) is 2.39. The van der Waals surface area contributed by atoms with Crippen LogP contribution in [0.2, 0.25) is 0 Å². The van der Waals surface area contributed by atoms with Gasteiger partial charge in [0.1, 0.15) is 11.5 Å². The Kier molecular flexibility index (Phi) is 6.00. The summed E-state index contributed by atoms with van der Waals surface area (Å²) in [7, 11) is 1.61. The highest BCUT2D eigenvalue weighted by Crippen LogP contribution is 2.16. The van der Waals surface area contributed by atoms with Crippen molar-refractivity contribution in [2.24, 2.45) is 5.73 Å². The maximum absolute atomic E-state index is 11.4. The van der Waals surface area contributed by atoms with Crippen molar-refractivity contribution < 1.29 is 14.3 Å². The lowest BCUT2D eigenvalue weighted by Crippen LogP contribution is -2.38. The van der Waals surface area contributed by atoms with Gasteiger partial charge in [-0.2, -0.15) is 0 Å². The number of methoxy groups -OCH3 is 1. The maximum atomic E-state index is 11.4. The Bertz CT molecular complexity index is 365. The third-order valence-electron chi connectivity index (χ3n) is 2.42. The molecule has 0 spiro atoms. The summed E-state index contributed by atoms with van der Waals surface area (Å²) in [6.07, 6.45) is 0.316. The predicted molar refractivity (Wildman–Crippen MR) is 69.8 cm³/mol. The lowest BCUT2D eigenvalue weighted by molar-refractivity contribution is -0.122. The molecule has 0 saturated heterocycles. The van der Waals surface area contributed by atoms with Crippen LogP contribution in [0.4, 0.5) is 0 Å². The topological polar surface area (TPSA) is 73.6 Å². The van der Waals surface area contributed by atoms with E-state index in [0.29, 0.717) is 19.6 Å². The molecule has 0 bridgehead atoms. The van der Waals surface area contributed by atoms with Gasteiger partial charge in [0.05, 0.1) is 20.1 Å². The van der Waals surface area contributed by atoms with Gasteiger partial charge in [-0.3, -0.25) is 4.79 Å². The zero-order valence-electron chi connectivity index (χ0n) is 10.8. The number of carbonyl (C=O) groups excluding carboxylic acids is 1. The molecule has 1 rings (SSSR count). The number of rotatable bonds is 7. The Morgan fingerprint density at radius 2 is 1.94 bits per heavy atom. The summed E-state index contributed by atoms with van der Waals surface area (Å²) in [6.45, 7) is 2.64. The van der Waals surface area contributed by atoms with Crippen LogP contribution in [-0.4, -0.2) is 32.2 Å². The van der Waals surface area contributed by atoms with Crippen molar-refractivity contribution in [1.82, 2.24) is 5.32 Å². The minimum absolute atomic E-state index is 0.00140. The number of carbonyl (C=O) groups is 1. The van der Waals surface area contributed by atoms with Crippen molar-refractivity contribution in [2.45, 2.75) is 19.4 Å². The molecule has 0 fully saturated rings. The first-order valence-corrected chi connectivity index (χ1v) is 5.92. The second kappa shape index (κ2) is 7.55. The second-order valence-electron chi connectivity index (χ2n) is 3.98. The number of benzene rings is 1. The van der Waals surface area contributed by atoms with Gasteiger partial charge in [-0.05, 0) is 31.2 Å². The van der Waals surface area contributed by atoms with Gasteiger partial charge >= 0.3 is 0 Å². The number of hydrogen-bond donors (Lipinski definition) is 2. The van der Waals surface area contributed by atoms with E-state index in [1.54, 1.807) is 19.2 Å². The molecule has 3 N–H and O–H groups in total. The Hall–Kier alpha value is -1.75. The molecule has 1 unspecified atom stereocenters. The van der Waals surface area contributed by atoms with Gasteiger partial charge in [0.2, 0.25) is 5.91 Å². The highest BCUT2D eigenvalue weighted by atomic mass is 16.5. The molecular formula is C13H20N2O3. The van der Waals surface area contributed by atoms with Crippen LogP contribution in [0.15, 0.2) is 24.3 Å². The molecule has 0 aromatic heterocycles. The lowest BCUT2D eigenvalue weighted by Gasteiger charge is -2.11. The minimum Gasteiger partial charge on any atom is -0.497 e. The van der Waals surface area contributed by atoms with Crippen LogP contribution in [0.5, 0.6) is 11.5 Å². The van der Waals surface area contributed by atoms with Crippen molar-refractivity contribution in [3.8, 4) is 11.5 Å². The summed E-state index contributed by atoms with van der Waals surface area (Å²) in [5, 5.41) is 2.77. The first kappa shape index (κ1) is 14.3. The Balaban J connectivity index is 2.26. The SMILES string of the molecule is COc1ccc(OCCC(=O)NC(C)CN)cc1. The van der Waals surface area contributed by atoms with E-state index in [1.807, 2.05) is 19.1 Å². The summed E-state index contributed by atoms with van der Waals surface area (Å²) < 4.78 is 10.5. The molecule has 1 aromatic carbocycles. The van der Waals surface area contributed by atoms with Crippen LogP contribution in [0.1, 0.15) is 13.3 Å². The van der Waals surface area contributed by atoms with Gasteiger partial charge in [-0.25, -0.2) is 0 Å². The molecule has 0 aliphatic carbocycles. The smallest absolute Gasteiger partial charge is 0.223 e. The van der Waals surface area contributed by atoms with E-state index in [9.17, 15) is 4.79 Å². The van der Waals surface area contributed by atoms with E-state index in [1.165, 1.54) is 0 Å². The van der Waals surface area contributed by atoms with Crippen molar-refractivity contribution in [2.75, 3.05) is 20.3 Å². The zero-order chi connectivity index (χ0) is 13.4. The molecule has 1 aromatic rings. The fourth-order valence-electron chi connectivity index (χ4n) is 1.34. The van der Waals surface area contributed by atoms with E-state index in [2.05, 4.69) is 5.32 Å². The quantitative estimate of drug-likeness (QED) is 0.757. The van der Waals surface area contributed by atoms with Crippen LogP contribution < -0.4 is 20.5 Å². The molecule has 18 heavy (non-hydrogen) atoms. The standard InChI is InChI=1S/C13H20N2O3/c1-10(9-14)15-13(16)7-8-18-12-5-3-11(17-2)4-6-12/h3-6,10H,7-9,14H2,1-2H3,(H,15,16). The van der Waals surface area contributed by atoms with Crippen LogP contribution in [0.3, 0.4) is 0 Å². The number of hydrogen-bond acceptors (Lipinski definition) is 4. The number of amides is 1. The number of ether oxygens (including phenoxy) is 2. The molecule has 0 aliphatic rings. The summed E-state index contributed by atoms with van der Waals surface area (Å²) in [6, 6.07) is 7.23. The summed E-state index contributed by atoms with van der Waals surface area (Å²) in [4.78, 5) is 11.4. The largest absolute Gasteiger partial charge is 0.497 e. The average molecular weight is 252 g/mol. The van der Waals surface area contributed by atoms with Gasteiger partial charge in [-0.15, -0.1) is 0 Å². The molecule has 5 heteroatoms. The van der Waals surface area contributed by atoms with Crippen molar-refractivity contribution in [3.05, 3.63) is 24.3 Å². The van der Waals surface area contributed by atoms with Crippen molar-refractivity contribution >= 4 is 5.91 Å². The van der Waals surface area contributed by atoms with Gasteiger partial charge in [0, 0.05) is 12.6 Å². The molecule has 0 radical (unpaired) electrons. The van der Waals surface area contributed by atoms with Gasteiger partial charge in [-0.1, -0.05) is 0 Å². The van der Waals surface area contributed by atoms with E-state index in [-0.39, 0.29) is 11.9 Å². The fraction of sp³-hybridized carbons (Fsp3) is 0.462. The van der Waals surface area contributed by atoms with Gasteiger partial charge < -0.3 is 20.5 Å². The lowest BCUT2D eigenvalue weighted by atomic mass is 10.3. The Labute approximate surface area is 107 Å². The van der Waals surface area contributed by atoms with Gasteiger partial charge in [0.15, 0.2) is 0 Å². The Morgan fingerprint density at radius 3 is 2.50 bits per heavy atom. The highest BCUT2D eigenvalue weighted by Gasteiger charge is 2.05. The van der Waals surface area contributed by atoms with Crippen molar-refractivity contribution in [3.63, 3.8) is 0 Å². The first-order chi connectivity index (χ1) is 8.65. The number of nitrogens with two attached hydrogens (primary N) is 1. The summed E-state index contributed by atoms with van der Waals surface area (Å²) in [5.74, 6) is 1.44. The van der Waals surface area contributed by atoms with E-state index < -0.39 is 0 Å². The normalized spacial score (nSPS) is 11.7. The van der Waals surface area contributed by atoms with E-state index in [4.69, 9.17) is 15.2 Å². The highest BCUT2D eigenvalue weighted by molar-refractivity contribution is 5.76. The minimum atomic E-state index is -0.0542. The van der Waals surface area contributed by atoms with Crippen LogP contribution in [-0.2, 0) is 4.79 Å². The monoisotopic (exact) mass is 252 g/mol. The van der Waals surface area contributed by atoms with Crippen LogP contribution >= 0.6 is 0 Å². The fourth-order valence-corrected chi connectivity index (χ4v) is 1.34. The van der Waals surface area contributed by atoms with E-state index in [0.717, 1.165) is 11.5 Å². The molecule has 0 saturated carbocycles. The molecule has 1 atom stereocenters. The van der Waals surface area contributed by atoms with E-state index >= 15 is 0 Å². The summed E-state index contributed by atoms with van der Waals surface area (Å²) in [5.41, 5.74) is 5.41. The van der Waals surface area contributed by atoms with Crippen molar-refractivity contribution in [1.29, 1.82) is 0 Å². The third kappa shape index (κ3) is 5.05. The predicted octanol–water partition coefficient (Wildman–Crippen LogP) is 0.927. The second-order valence-corrected chi connectivity index (χ2v) is 3.98. The molecule has 0 heterocycles. The zero-order valence-corrected chi connectivity index (χ0v) is 10.8. The molecular weight excluding hydrogens is 232 g/mol. The molecule has 1 amide bonds. The van der Waals surface area contributed by atoms with Gasteiger partial charge in [0.25, 0.3) is 0 Å². The Morgan fingerprint density at radius 1 is 1.33 bits per heavy atom. The summed E-state index contributed by atoms with van der Waals surface area (Å²) >= 11 is 0. The van der Waals surface area contributed by atoms with Crippen LogP contribution in [0.25, 0.3) is 0 Å².